The fourth-order valence-electron chi connectivity index (χ4n) is 4.77. The minimum Gasteiger partial charge on any atom is -0.378 e. The summed E-state index contributed by atoms with van der Waals surface area (Å²) in [6, 6.07) is 1.23. The van der Waals surface area contributed by atoms with Crippen LogP contribution in [0.15, 0.2) is 0 Å². The van der Waals surface area contributed by atoms with Gasteiger partial charge in [0, 0.05) is 44.1 Å². The topological polar surface area (TPSA) is 41.6 Å². The first-order valence-electron chi connectivity index (χ1n) is 8.79. The zero-order valence-corrected chi connectivity index (χ0v) is 13.6. The van der Waals surface area contributed by atoms with Gasteiger partial charge in [-0.05, 0) is 39.0 Å². The number of nitrogens with one attached hydrogen (secondary N) is 1. The van der Waals surface area contributed by atoms with Crippen molar-refractivity contribution in [1.29, 1.82) is 0 Å². The summed E-state index contributed by atoms with van der Waals surface area (Å²) in [6.45, 7) is 6.47. The number of hydrogen-bond donors (Lipinski definition) is 1. The van der Waals surface area contributed by atoms with E-state index >= 15 is 0 Å². The average molecular weight is 294 g/mol. The summed E-state index contributed by atoms with van der Waals surface area (Å²) in [7, 11) is 0. The molecule has 3 rings (SSSR count). The highest BCUT2D eigenvalue weighted by atomic mass is 16.5. The number of amides is 1. The molecule has 3 aliphatic rings. The van der Waals surface area contributed by atoms with Crippen molar-refractivity contribution in [2.45, 2.75) is 77.0 Å². The summed E-state index contributed by atoms with van der Waals surface area (Å²) in [6.07, 6.45) is 9.27. The fraction of sp³-hybridized carbons (Fsp3) is 0.941. The van der Waals surface area contributed by atoms with Crippen molar-refractivity contribution in [2.75, 3.05) is 19.7 Å². The Labute approximate surface area is 128 Å². The summed E-state index contributed by atoms with van der Waals surface area (Å²) in [5, 5.41) is 3.92. The van der Waals surface area contributed by atoms with Gasteiger partial charge in [0.25, 0.3) is 0 Å². The number of hydrogen-bond acceptors (Lipinski definition) is 3. The van der Waals surface area contributed by atoms with Crippen molar-refractivity contribution in [3.63, 3.8) is 0 Å². The molecule has 1 saturated heterocycles. The average Bonchev–Trinajstić information content (AvgIpc) is 2.99. The third-order valence-corrected chi connectivity index (χ3v) is 6.06. The van der Waals surface area contributed by atoms with E-state index in [0.717, 1.165) is 32.5 Å². The van der Waals surface area contributed by atoms with Gasteiger partial charge in [-0.1, -0.05) is 12.8 Å². The summed E-state index contributed by atoms with van der Waals surface area (Å²) in [5.41, 5.74) is 0.424. The van der Waals surface area contributed by atoms with E-state index in [4.69, 9.17) is 4.74 Å². The fourth-order valence-corrected chi connectivity index (χ4v) is 4.77. The summed E-state index contributed by atoms with van der Waals surface area (Å²) >= 11 is 0. The maximum Gasteiger partial charge on any atom is 0.219 e. The molecule has 0 radical (unpaired) electrons. The van der Waals surface area contributed by atoms with Crippen LogP contribution in [0.4, 0.5) is 0 Å². The molecule has 1 N–H and O–H groups in total. The lowest BCUT2D eigenvalue weighted by molar-refractivity contribution is -0.135. The van der Waals surface area contributed by atoms with Gasteiger partial charge in [-0.2, -0.15) is 0 Å². The van der Waals surface area contributed by atoms with Gasteiger partial charge in [0.05, 0.1) is 6.10 Å². The number of rotatable bonds is 4. The Morgan fingerprint density at radius 3 is 2.52 bits per heavy atom. The second kappa shape index (κ2) is 6.25. The van der Waals surface area contributed by atoms with Crippen LogP contribution in [0.1, 0.15) is 58.8 Å². The summed E-state index contributed by atoms with van der Waals surface area (Å²) in [5.74, 6) is 0.223. The van der Waals surface area contributed by atoms with Crippen molar-refractivity contribution in [2.24, 2.45) is 5.41 Å². The number of piperidine rings is 1. The molecule has 0 unspecified atom stereocenters. The second-order valence-electron chi connectivity index (χ2n) is 7.12. The van der Waals surface area contributed by atoms with Crippen molar-refractivity contribution in [3.8, 4) is 0 Å². The van der Waals surface area contributed by atoms with Crippen LogP contribution in [0, 0.1) is 5.41 Å². The zero-order valence-electron chi connectivity index (χ0n) is 13.6. The SMILES string of the molecule is CCO[C@@H]1C[C@H](NC2CCN(C(C)=O)CC2)C12CCCC2. The molecule has 4 heteroatoms. The number of likely N-dealkylation sites (tertiary alicyclic amines) is 1. The third-order valence-electron chi connectivity index (χ3n) is 6.06. The number of carbonyl (C=O) groups excluding carboxylic acids is 1. The van der Waals surface area contributed by atoms with E-state index in [9.17, 15) is 4.79 Å². The molecule has 120 valence electrons. The highest BCUT2D eigenvalue weighted by Gasteiger charge is 2.56. The van der Waals surface area contributed by atoms with Crippen molar-refractivity contribution >= 4 is 5.91 Å². The first kappa shape index (κ1) is 15.3. The maximum atomic E-state index is 11.4. The normalized spacial score (nSPS) is 32.4. The molecule has 1 spiro atoms. The van der Waals surface area contributed by atoms with Crippen molar-refractivity contribution < 1.29 is 9.53 Å². The molecule has 1 aliphatic heterocycles. The maximum absolute atomic E-state index is 11.4. The Morgan fingerprint density at radius 1 is 1.29 bits per heavy atom. The number of nitrogens with zero attached hydrogens (tertiary/aromatic N) is 1. The Kier molecular flexibility index (Phi) is 4.55. The van der Waals surface area contributed by atoms with Crippen LogP contribution in [0.25, 0.3) is 0 Å². The monoisotopic (exact) mass is 294 g/mol. The van der Waals surface area contributed by atoms with E-state index in [1.165, 1.54) is 32.1 Å². The molecule has 3 fully saturated rings. The highest BCUT2D eigenvalue weighted by molar-refractivity contribution is 5.73. The summed E-state index contributed by atoms with van der Waals surface area (Å²) in [4.78, 5) is 13.4. The van der Waals surface area contributed by atoms with Gasteiger partial charge < -0.3 is 15.0 Å². The van der Waals surface area contributed by atoms with E-state index in [0.29, 0.717) is 23.6 Å². The molecule has 0 aromatic carbocycles. The molecule has 0 aromatic heterocycles. The Morgan fingerprint density at radius 2 is 1.95 bits per heavy atom. The van der Waals surface area contributed by atoms with E-state index in [1.54, 1.807) is 6.92 Å². The predicted molar refractivity (Wildman–Crippen MR) is 83.1 cm³/mol. The van der Waals surface area contributed by atoms with Crippen molar-refractivity contribution in [3.05, 3.63) is 0 Å². The standard InChI is InChI=1S/C17H30N2O2/c1-3-21-16-12-15(17(16)8-4-5-9-17)18-14-6-10-19(11-7-14)13(2)20/h14-16,18H,3-12H2,1-2H3/t15-,16+/m0/s1. The molecular weight excluding hydrogens is 264 g/mol. The second-order valence-corrected chi connectivity index (χ2v) is 7.12. The third kappa shape index (κ3) is 2.85. The van der Waals surface area contributed by atoms with Gasteiger partial charge in [-0.25, -0.2) is 0 Å². The van der Waals surface area contributed by atoms with Gasteiger partial charge in [0.2, 0.25) is 5.91 Å². The van der Waals surface area contributed by atoms with Gasteiger partial charge in [0.1, 0.15) is 0 Å². The minimum atomic E-state index is 0.223. The highest BCUT2D eigenvalue weighted by Crippen LogP contribution is 2.55. The molecule has 2 saturated carbocycles. The van der Waals surface area contributed by atoms with Crippen LogP contribution < -0.4 is 5.32 Å². The molecular formula is C17H30N2O2. The van der Waals surface area contributed by atoms with E-state index in [-0.39, 0.29) is 5.91 Å². The van der Waals surface area contributed by atoms with Crippen LogP contribution in [0.5, 0.6) is 0 Å². The predicted octanol–water partition coefficient (Wildman–Crippen LogP) is 2.32. The minimum absolute atomic E-state index is 0.223. The van der Waals surface area contributed by atoms with Gasteiger partial charge >= 0.3 is 0 Å². The lowest BCUT2D eigenvalue weighted by Gasteiger charge is -2.55. The molecule has 0 aromatic rings. The first-order chi connectivity index (χ1) is 10.2. The molecule has 1 amide bonds. The summed E-state index contributed by atoms with van der Waals surface area (Å²) < 4.78 is 5.99. The Hall–Kier alpha value is -0.610. The lowest BCUT2D eigenvalue weighted by atomic mass is 9.60. The zero-order chi connectivity index (χ0) is 14.9. The first-order valence-corrected chi connectivity index (χ1v) is 8.79. The Bertz CT molecular complexity index is 371. The molecule has 4 nitrogen and oxygen atoms in total. The number of ether oxygens (including phenoxy) is 1. The molecule has 21 heavy (non-hydrogen) atoms. The van der Waals surface area contributed by atoms with Crippen LogP contribution in [0.2, 0.25) is 0 Å². The van der Waals surface area contributed by atoms with E-state index < -0.39 is 0 Å². The van der Waals surface area contributed by atoms with Crippen LogP contribution in [-0.2, 0) is 9.53 Å². The van der Waals surface area contributed by atoms with Crippen LogP contribution in [-0.4, -0.2) is 48.7 Å². The Balaban J connectivity index is 1.53. The van der Waals surface area contributed by atoms with Crippen molar-refractivity contribution in [1.82, 2.24) is 10.2 Å². The molecule has 2 atom stereocenters. The van der Waals surface area contributed by atoms with Crippen LogP contribution >= 0.6 is 0 Å². The quantitative estimate of drug-likeness (QED) is 0.865. The number of carbonyl (C=O) groups is 1. The molecule has 0 bridgehead atoms. The van der Waals surface area contributed by atoms with Crippen LogP contribution in [0.3, 0.4) is 0 Å². The molecule has 2 aliphatic carbocycles. The van der Waals surface area contributed by atoms with E-state index in [1.807, 2.05) is 4.90 Å². The lowest BCUT2D eigenvalue weighted by Crippen LogP contribution is -2.65. The van der Waals surface area contributed by atoms with Gasteiger partial charge in [-0.3, -0.25) is 4.79 Å². The van der Waals surface area contributed by atoms with Gasteiger partial charge in [0.15, 0.2) is 0 Å². The van der Waals surface area contributed by atoms with Gasteiger partial charge in [-0.15, -0.1) is 0 Å². The largest absolute Gasteiger partial charge is 0.378 e. The van der Waals surface area contributed by atoms with E-state index in [2.05, 4.69) is 12.2 Å². The smallest absolute Gasteiger partial charge is 0.219 e. The molecule has 1 heterocycles.